The van der Waals surface area contributed by atoms with Gasteiger partial charge < -0.3 is 9.88 Å². The quantitative estimate of drug-likeness (QED) is 0.769. The molecule has 134 valence electrons. The number of amides is 1. The van der Waals surface area contributed by atoms with Crippen LogP contribution in [0.5, 0.6) is 0 Å². The zero-order valence-corrected chi connectivity index (χ0v) is 15.3. The maximum atomic E-state index is 12.6. The van der Waals surface area contributed by atoms with Crippen molar-refractivity contribution in [3.63, 3.8) is 0 Å². The lowest BCUT2D eigenvalue weighted by molar-refractivity contribution is -0.132. The third-order valence-electron chi connectivity index (χ3n) is 4.91. The number of carbonyl (C=O) groups excluding carboxylic acids is 1. The zero-order chi connectivity index (χ0) is 17.9. The van der Waals surface area contributed by atoms with Crippen LogP contribution in [0.3, 0.4) is 0 Å². The maximum Gasteiger partial charge on any atom is 0.247 e. The molecule has 0 saturated carbocycles. The molecule has 1 amide bonds. The summed E-state index contributed by atoms with van der Waals surface area (Å²) in [5.74, 6) is 0.514. The third-order valence-corrected chi connectivity index (χ3v) is 6.11. The lowest BCUT2D eigenvalue weighted by Crippen LogP contribution is -2.39. The Morgan fingerprint density at radius 3 is 2.96 bits per heavy atom. The van der Waals surface area contributed by atoms with Gasteiger partial charge in [0.2, 0.25) is 11.5 Å². The van der Waals surface area contributed by atoms with Crippen LogP contribution in [0.2, 0.25) is 0 Å². The Balaban J connectivity index is 1.40. The molecule has 26 heavy (non-hydrogen) atoms. The first-order chi connectivity index (χ1) is 12.7. The van der Waals surface area contributed by atoms with Gasteiger partial charge in [-0.3, -0.25) is 9.59 Å². The summed E-state index contributed by atoms with van der Waals surface area (Å²) in [6, 6.07) is 11.5. The van der Waals surface area contributed by atoms with Crippen LogP contribution in [0.15, 0.2) is 47.4 Å². The van der Waals surface area contributed by atoms with Crippen molar-refractivity contribution >= 4 is 27.5 Å². The second kappa shape index (κ2) is 7.41. The van der Waals surface area contributed by atoms with Gasteiger partial charge in [0.05, 0.1) is 15.2 Å². The molecule has 4 rings (SSSR count). The van der Waals surface area contributed by atoms with Gasteiger partial charge in [0.15, 0.2) is 0 Å². The minimum atomic E-state index is -0.116. The number of hydrogen-bond acceptors (Lipinski definition) is 4. The number of nitrogens with one attached hydrogen (secondary N) is 1. The van der Waals surface area contributed by atoms with Crippen molar-refractivity contribution in [1.29, 1.82) is 0 Å². The van der Waals surface area contributed by atoms with Crippen LogP contribution in [-0.4, -0.2) is 33.9 Å². The standard InChI is InChI=1S/C20H21N3O2S/c24-18-9-7-14(12-21-18)8-10-19(25)23-11-3-4-15(13-23)20-22-16-5-1-2-6-17(16)26-20/h1-2,5-7,9,12,15H,3-4,8,10-11,13H2,(H,21,24). The van der Waals surface area contributed by atoms with Crippen LogP contribution in [0.4, 0.5) is 0 Å². The second-order valence-corrected chi connectivity index (χ2v) is 7.82. The number of aromatic nitrogens is 2. The van der Waals surface area contributed by atoms with Gasteiger partial charge in [-0.25, -0.2) is 4.98 Å². The molecule has 1 saturated heterocycles. The Hall–Kier alpha value is -2.47. The number of fused-ring (bicyclic) bond motifs is 1. The van der Waals surface area contributed by atoms with Crippen molar-refractivity contribution in [2.75, 3.05) is 13.1 Å². The second-order valence-electron chi connectivity index (χ2n) is 6.76. The molecule has 1 unspecified atom stereocenters. The van der Waals surface area contributed by atoms with E-state index in [4.69, 9.17) is 4.98 Å². The molecule has 0 spiro atoms. The molecule has 1 aliphatic heterocycles. The van der Waals surface area contributed by atoms with Crippen molar-refractivity contribution in [1.82, 2.24) is 14.9 Å². The van der Waals surface area contributed by atoms with Gasteiger partial charge in [0.25, 0.3) is 0 Å². The highest BCUT2D eigenvalue weighted by molar-refractivity contribution is 7.18. The summed E-state index contributed by atoms with van der Waals surface area (Å²) in [6.07, 6.45) is 4.92. The number of aromatic amines is 1. The van der Waals surface area contributed by atoms with E-state index in [0.717, 1.165) is 42.0 Å². The van der Waals surface area contributed by atoms with E-state index in [0.29, 0.717) is 18.8 Å². The van der Waals surface area contributed by atoms with Crippen molar-refractivity contribution < 1.29 is 4.79 Å². The predicted molar refractivity (Wildman–Crippen MR) is 104 cm³/mol. The molecule has 0 aliphatic carbocycles. The molecule has 1 aliphatic rings. The molecule has 3 aromatic rings. The highest BCUT2D eigenvalue weighted by Crippen LogP contribution is 2.33. The number of rotatable bonds is 4. The maximum absolute atomic E-state index is 12.6. The highest BCUT2D eigenvalue weighted by Gasteiger charge is 2.26. The van der Waals surface area contributed by atoms with E-state index in [-0.39, 0.29) is 11.5 Å². The normalized spacial score (nSPS) is 17.5. The topological polar surface area (TPSA) is 66.1 Å². The monoisotopic (exact) mass is 367 g/mol. The van der Waals surface area contributed by atoms with Gasteiger partial charge in [0.1, 0.15) is 0 Å². The molecule has 0 radical (unpaired) electrons. The fourth-order valence-electron chi connectivity index (χ4n) is 3.48. The van der Waals surface area contributed by atoms with Gasteiger partial charge in [-0.2, -0.15) is 0 Å². The number of likely N-dealkylation sites (tertiary alicyclic amines) is 1. The Labute approximate surface area is 155 Å². The van der Waals surface area contributed by atoms with E-state index in [9.17, 15) is 9.59 Å². The van der Waals surface area contributed by atoms with E-state index in [1.54, 1.807) is 23.6 Å². The number of thiazole rings is 1. The van der Waals surface area contributed by atoms with Crippen LogP contribution in [0.1, 0.15) is 35.8 Å². The fourth-order valence-corrected chi connectivity index (χ4v) is 4.57. The van der Waals surface area contributed by atoms with Gasteiger partial charge >= 0.3 is 0 Å². The van der Waals surface area contributed by atoms with Crippen LogP contribution >= 0.6 is 11.3 Å². The van der Waals surface area contributed by atoms with Crippen molar-refractivity contribution in [3.8, 4) is 0 Å². The molecule has 1 aromatic carbocycles. The average molecular weight is 367 g/mol. The van der Waals surface area contributed by atoms with Crippen LogP contribution < -0.4 is 5.56 Å². The number of carbonyl (C=O) groups is 1. The van der Waals surface area contributed by atoms with E-state index in [1.165, 1.54) is 10.8 Å². The number of benzene rings is 1. The Bertz CT molecular complexity index is 925. The van der Waals surface area contributed by atoms with Gasteiger partial charge in [-0.15, -0.1) is 11.3 Å². The molecule has 6 heteroatoms. The molecule has 1 atom stereocenters. The molecule has 5 nitrogen and oxygen atoms in total. The van der Waals surface area contributed by atoms with E-state index in [2.05, 4.69) is 11.1 Å². The number of H-pyrrole nitrogens is 1. The smallest absolute Gasteiger partial charge is 0.247 e. The summed E-state index contributed by atoms with van der Waals surface area (Å²) in [5, 5.41) is 1.14. The third kappa shape index (κ3) is 3.70. The minimum absolute atomic E-state index is 0.116. The number of pyridine rings is 1. The van der Waals surface area contributed by atoms with E-state index >= 15 is 0 Å². The van der Waals surface area contributed by atoms with Crippen molar-refractivity contribution in [2.45, 2.75) is 31.6 Å². The summed E-state index contributed by atoms with van der Waals surface area (Å²) in [7, 11) is 0. The van der Waals surface area contributed by atoms with E-state index < -0.39 is 0 Å². The fraction of sp³-hybridized carbons (Fsp3) is 0.350. The predicted octanol–water partition coefficient (Wildman–Crippen LogP) is 3.32. The summed E-state index contributed by atoms with van der Waals surface area (Å²) in [5.41, 5.74) is 1.92. The molecular formula is C20H21N3O2S. The molecule has 0 bridgehead atoms. The minimum Gasteiger partial charge on any atom is -0.342 e. The Kier molecular flexibility index (Phi) is 4.84. The van der Waals surface area contributed by atoms with Crippen LogP contribution in [0.25, 0.3) is 10.2 Å². The molecule has 3 heterocycles. The zero-order valence-electron chi connectivity index (χ0n) is 14.5. The molecule has 2 aromatic heterocycles. The van der Waals surface area contributed by atoms with Crippen molar-refractivity contribution in [3.05, 3.63) is 63.5 Å². The lowest BCUT2D eigenvalue weighted by atomic mass is 9.98. The van der Waals surface area contributed by atoms with Crippen LogP contribution in [-0.2, 0) is 11.2 Å². The largest absolute Gasteiger partial charge is 0.342 e. The first-order valence-electron chi connectivity index (χ1n) is 9.00. The van der Waals surface area contributed by atoms with Crippen molar-refractivity contribution in [2.24, 2.45) is 0 Å². The van der Waals surface area contributed by atoms with Gasteiger partial charge in [-0.1, -0.05) is 18.2 Å². The number of nitrogens with zero attached hydrogens (tertiary/aromatic N) is 2. The van der Waals surface area contributed by atoms with E-state index in [1.807, 2.05) is 23.1 Å². The molecular weight excluding hydrogens is 346 g/mol. The SMILES string of the molecule is O=C(CCc1ccc(=O)[nH]c1)N1CCCC(c2nc3ccccc3s2)C1. The first kappa shape index (κ1) is 17.0. The number of aryl methyl sites for hydroxylation is 1. The highest BCUT2D eigenvalue weighted by atomic mass is 32.1. The van der Waals surface area contributed by atoms with Gasteiger partial charge in [0, 0.05) is 37.7 Å². The van der Waals surface area contributed by atoms with Gasteiger partial charge in [-0.05, 0) is 37.0 Å². The Morgan fingerprint density at radius 2 is 2.15 bits per heavy atom. The summed E-state index contributed by atoms with van der Waals surface area (Å²) in [6.45, 7) is 1.58. The Morgan fingerprint density at radius 1 is 1.27 bits per heavy atom. The van der Waals surface area contributed by atoms with Crippen LogP contribution in [0, 0.1) is 0 Å². The summed E-state index contributed by atoms with van der Waals surface area (Å²) in [4.78, 5) is 33.1. The number of para-hydroxylation sites is 1. The number of piperidine rings is 1. The average Bonchev–Trinajstić information content (AvgIpc) is 3.12. The first-order valence-corrected chi connectivity index (χ1v) is 9.81. The summed E-state index contributed by atoms with van der Waals surface area (Å²) < 4.78 is 1.21. The molecule has 1 fully saturated rings. The summed E-state index contributed by atoms with van der Waals surface area (Å²) >= 11 is 1.75. The number of hydrogen-bond donors (Lipinski definition) is 1. The molecule has 1 N–H and O–H groups in total. The lowest BCUT2D eigenvalue weighted by Gasteiger charge is -2.32.